The molecule has 0 bridgehead atoms. The van der Waals surface area contributed by atoms with Gasteiger partial charge in [0.15, 0.2) is 0 Å². The van der Waals surface area contributed by atoms with Crippen molar-refractivity contribution in [3.05, 3.63) is 15.9 Å². The molecule has 1 aromatic heterocycles. The van der Waals surface area contributed by atoms with Gasteiger partial charge in [0.05, 0.1) is 3.79 Å². The molecule has 0 aliphatic heterocycles. The van der Waals surface area contributed by atoms with Crippen LogP contribution in [0.2, 0.25) is 0 Å². The third kappa shape index (κ3) is 3.32. The van der Waals surface area contributed by atoms with Crippen molar-refractivity contribution in [1.82, 2.24) is 4.72 Å². The minimum absolute atomic E-state index is 0.187. The van der Waals surface area contributed by atoms with E-state index in [2.05, 4.69) is 20.7 Å². The van der Waals surface area contributed by atoms with Crippen LogP contribution in [0.3, 0.4) is 0 Å². The predicted molar refractivity (Wildman–Crippen MR) is 60.9 cm³/mol. The first-order valence-electron chi connectivity index (χ1n) is 3.92. The third-order valence-corrected chi connectivity index (χ3v) is 4.95. The van der Waals surface area contributed by atoms with Crippen molar-refractivity contribution < 1.29 is 8.42 Å². The van der Waals surface area contributed by atoms with Crippen LogP contribution < -0.4 is 10.5 Å². The molecule has 1 heterocycles. The van der Waals surface area contributed by atoms with Crippen LogP contribution in [0.15, 0.2) is 20.1 Å². The average molecular weight is 299 g/mol. The standard InChI is InChI=1S/C7H11BrN2O2S2/c1-5(9)4-10-14(11,12)7-3-2-6(8)13-7/h2-3,5,10H,4,9H2,1H3. The van der Waals surface area contributed by atoms with Gasteiger partial charge in [-0.05, 0) is 35.0 Å². The molecule has 3 N–H and O–H groups in total. The Hall–Kier alpha value is 0.0500. The van der Waals surface area contributed by atoms with Gasteiger partial charge >= 0.3 is 0 Å². The van der Waals surface area contributed by atoms with Crippen LogP contribution in [0.4, 0.5) is 0 Å². The Morgan fingerprint density at radius 2 is 2.29 bits per heavy atom. The lowest BCUT2D eigenvalue weighted by molar-refractivity contribution is 0.576. The summed E-state index contributed by atoms with van der Waals surface area (Å²) in [4.78, 5) is 0. The summed E-state index contributed by atoms with van der Waals surface area (Å²) in [7, 11) is -3.38. The molecule has 1 unspecified atom stereocenters. The zero-order chi connectivity index (χ0) is 10.8. The van der Waals surface area contributed by atoms with E-state index in [-0.39, 0.29) is 12.6 Å². The lowest BCUT2D eigenvalue weighted by atomic mass is 10.4. The molecule has 4 nitrogen and oxygen atoms in total. The molecule has 1 aromatic rings. The fourth-order valence-corrected chi connectivity index (χ4v) is 3.95. The number of thiophene rings is 1. The quantitative estimate of drug-likeness (QED) is 0.875. The number of sulfonamides is 1. The van der Waals surface area contributed by atoms with Crippen LogP contribution in [0.25, 0.3) is 0 Å². The zero-order valence-electron chi connectivity index (χ0n) is 7.53. The molecule has 80 valence electrons. The number of nitrogens with one attached hydrogen (secondary N) is 1. The van der Waals surface area contributed by atoms with Crippen molar-refractivity contribution in [3.63, 3.8) is 0 Å². The lowest BCUT2D eigenvalue weighted by Crippen LogP contribution is -2.34. The molecule has 0 amide bonds. The zero-order valence-corrected chi connectivity index (χ0v) is 10.7. The number of rotatable bonds is 4. The van der Waals surface area contributed by atoms with Crippen molar-refractivity contribution in [2.75, 3.05) is 6.54 Å². The van der Waals surface area contributed by atoms with Crippen molar-refractivity contribution in [1.29, 1.82) is 0 Å². The summed E-state index contributed by atoms with van der Waals surface area (Å²) in [6, 6.07) is 3.07. The van der Waals surface area contributed by atoms with E-state index in [4.69, 9.17) is 5.73 Å². The van der Waals surface area contributed by atoms with Crippen LogP contribution >= 0.6 is 27.3 Å². The summed E-state index contributed by atoms with van der Waals surface area (Å²) in [6.45, 7) is 1.99. The Morgan fingerprint density at radius 3 is 2.71 bits per heavy atom. The smallest absolute Gasteiger partial charge is 0.250 e. The van der Waals surface area contributed by atoms with Gasteiger partial charge in [0.2, 0.25) is 10.0 Å². The van der Waals surface area contributed by atoms with E-state index in [1.54, 1.807) is 19.1 Å². The summed E-state index contributed by atoms with van der Waals surface area (Å²) in [5, 5.41) is 0. The van der Waals surface area contributed by atoms with Crippen LogP contribution in [0.5, 0.6) is 0 Å². The van der Waals surface area contributed by atoms with Crippen molar-refractivity contribution in [3.8, 4) is 0 Å². The van der Waals surface area contributed by atoms with E-state index in [1.807, 2.05) is 0 Å². The van der Waals surface area contributed by atoms with Gasteiger partial charge in [-0.15, -0.1) is 11.3 Å². The maximum Gasteiger partial charge on any atom is 0.250 e. The largest absolute Gasteiger partial charge is 0.327 e. The van der Waals surface area contributed by atoms with Gasteiger partial charge in [-0.3, -0.25) is 0 Å². The Kier molecular flexibility index (Phi) is 4.08. The fourth-order valence-electron chi connectivity index (χ4n) is 0.754. The molecule has 0 aromatic carbocycles. The first kappa shape index (κ1) is 12.1. The van der Waals surface area contributed by atoms with Gasteiger partial charge in [0.1, 0.15) is 4.21 Å². The molecule has 0 saturated heterocycles. The molecule has 14 heavy (non-hydrogen) atoms. The van der Waals surface area contributed by atoms with Crippen molar-refractivity contribution >= 4 is 37.3 Å². The van der Waals surface area contributed by atoms with E-state index >= 15 is 0 Å². The molecule has 0 spiro atoms. The second-order valence-electron chi connectivity index (χ2n) is 2.89. The number of hydrogen-bond acceptors (Lipinski definition) is 4. The summed E-state index contributed by atoms with van der Waals surface area (Å²) in [6.07, 6.45) is 0. The summed E-state index contributed by atoms with van der Waals surface area (Å²) in [5.41, 5.74) is 5.45. The van der Waals surface area contributed by atoms with Crippen LogP contribution in [-0.4, -0.2) is 21.0 Å². The fraction of sp³-hybridized carbons (Fsp3) is 0.429. The summed E-state index contributed by atoms with van der Waals surface area (Å²) in [5.74, 6) is 0. The second kappa shape index (κ2) is 4.71. The molecular weight excluding hydrogens is 288 g/mol. The number of nitrogens with two attached hydrogens (primary N) is 1. The first-order valence-corrected chi connectivity index (χ1v) is 7.01. The monoisotopic (exact) mass is 298 g/mol. The molecule has 0 aliphatic carbocycles. The van der Waals surface area contributed by atoms with Crippen LogP contribution in [0, 0.1) is 0 Å². The highest BCUT2D eigenvalue weighted by molar-refractivity contribution is 9.11. The maximum atomic E-state index is 11.6. The summed E-state index contributed by atoms with van der Waals surface area (Å²) < 4.78 is 26.7. The van der Waals surface area contributed by atoms with Gasteiger partial charge < -0.3 is 5.73 Å². The first-order chi connectivity index (χ1) is 6.42. The van der Waals surface area contributed by atoms with Gasteiger partial charge in [0.25, 0.3) is 0 Å². The SMILES string of the molecule is CC(N)CNS(=O)(=O)c1ccc(Br)s1. The molecule has 0 radical (unpaired) electrons. The van der Waals surface area contributed by atoms with Crippen LogP contribution in [0.1, 0.15) is 6.92 Å². The molecular formula is C7H11BrN2O2S2. The van der Waals surface area contributed by atoms with E-state index in [9.17, 15) is 8.42 Å². The van der Waals surface area contributed by atoms with E-state index in [0.717, 1.165) is 3.79 Å². The minimum atomic E-state index is -3.38. The van der Waals surface area contributed by atoms with Gasteiger partial charge in [-0.2, -0.15) is 0 Å². The van der Waals surface area contributed by atoms with Gasteiger partial charge in [-0.25, -0.2) is 13.1 Å². The Morgan fingerprint density at radius 1 is 1.64 bits per heavy atom. The van der Waals surface area contributed by atoms with Gasteiger partial charge in [0, 0.05) is 12.6 Å². The average Bonchev–Trinajstić information content (AvgIpc) is 2.49. The molecule has 7 heteroatoms. The third-order valence-electron chi connectivity index (χ3n) is 1.41. The number of halogens is 1. The highest BCUT2D eigenvalue weighted by Gasteiger charge is 2.16. The van der Waals surface area contributed by atoms with Gasteiger partial charge in [-0.1, -0.05) is 0 Å². The Balaban J connectivity index is 2.76. The molecule has 0 fully saturated rings. The van der Waals surface area contributed by atoms with E-state index in [0.29, 0.717) is 4.21 Å². The number of hydrogen-bond donors (Lipinski definition) is 2. The maximum absolute atomic E-state index is 11.6. The summed E-state index contributed by atoms with van der Waals surface area (Å²) >= 11 is 4.38. The highest BCUT2D eigenvalue weighted by atomic mass is 79.9. The molecule has 0 saturated carbocycles. The lowest BCUT2D eigenvalue weighted by Gasteiger charge is -2.06. The molecule has 1 atom stereocenters. The minimum Gasteiger partial charge on any atom is -0.327 e. The van der Waals surface area contributed by atoms with E-state index < -0.39 is 10.0 Å². The topological polar surface area (TPSA) is 72.2 Å². The van der Waals surface area contributed by atoms with Crippen LogP contribution in [-0.2, 0) is 10.0 Å². The Bertz CT molecular complexity index is 400. The highest BCUT2D eigenvalue weighted by Crippen LogP contribution is 2.25. The van der Waals surface area contributed by atoms with Crippen molar-refractivity contribution in [2.45, 2.75) is 17.2 Å². The van der Waals surface area contributed by atoms with E-state index in [1.165, 1.54) is 11.3 Å². The van der Waals surface area contributed by atoms with Crippen molar-refractivity contribution in [2.24, 2.45) is 5.73 Å². The predicted octanol–water partition coefficient (Wildman–Crippen LogP) is 1.14. The molecule has 0 aliphatic rings. The normalized spacial score (nSPS) is 14.2. The molecule has 1 rings (SSSR count). The second-order valence-corrected chi connectivity index (χ2v) is 7.34. The Labute approximate surface area is 95.7 Å².